The maximum absolute atomic E-state index is 12.5. The van der Waals surface area contributed by atoms with Crippen LogP contribution < -0.4 is 0 Å². The standard InChI is InChI=1S/C19H27F3O5/c1-13-14(16(24)18(26-3)17(25-2)15(13)23)11-9-7-5-4-6-8-10-12-27-19(20,21)22/h4-12H2,1-3H3. The van der Waals surface area contributed by atoms with Gasteiger partial charge in [-0.1, -0.05) is 32.1 Å². The van der Waals surface area contributed by atoms with E-state index in [0.717, 1.165) is 32.1 Å². The fraction of sp³-hybridized carbons (Fsp3) is 0.684. The molecule has 0 amide bonds. The number of hydrogen-bond acceptors (Lipinski definition) is 5. The number of unbranched alkanes of at least 4 members (excludes halogenated alkanes) is 6. The van der Waals surface area contributed by atoms with Crippen LogP contribution in [-0.4, -0.2) is 38.8 Å². The fourth-order valence-electron chi connectivity index (χ4n) is 2.97. The molecule has 0 radical (unpaired) electrons. The summed E-state index contributed by atoms with van der Waals surface area (Å²) in [5, 5.41) is 0. The zero-order valence-corrected chi connectivity index (χ0v) is 16.0. The molecular weight excluding hydrogens is 365 g/mol. The highest BCUT2D eigenvalue weighted by atomic mass is 19.4. The van der Waals surface area contributed by atoms with E-state index in [1.165, 1.54) is 14.2 Å². The van der Waals surface area contributed by atoms with Crippen LogP contribution in [0.1, 0.15) is 58.3 Å². The molecule has 27 heavy (non-hydrogen) atoms. The Hall–Kier alpha value is -1.83. The van der Waals surface area contributed by atoms with Gasteiger partial charge in [0.1, 0.15) is 0 Å². The van der Waals surface area contributed by atoms with Gasteiger partial charge in [0.05, 0.1) is 20.8 Å². The molecule has 154 valence electrons. The number of ketones is 2. The van der Waals surface area contributed by atoms with E-state index in [2.05, 4.69) is 4.74 Å². The van der Waals surface area contributed by atoms with E-state index >= 15 is 0 Å². The fourth-order valence-corrected chi connectivity index (χ4v) is 2.97. The smallest absolute Gasteiger partial charge is 0.489 e. The molecule has 1 rings (SSSR count). The maximum Gasteiger partial charge on any atom is 0.522 e. The summed E-state index contributed by atoms with van der Waals surface area (Å²) in [6.07, 6.45) is 1.31. The first-order chi connectivity index (χ1) is 12.7. The van der Waals surface area contributed by atoms with Crippen molar-refractivity contribution in [2.75, 3.05) is 20.8 Å². The van der Waals surface area contributed by atoms with Crippen LogP contribution >= 0.6 is 0 Å². The van der Waals surface area contributed by atoms with Crippen molar-refractivity contribution in [1.29, 1.82) is 0 Å². The van der Waals surface area contributed by atoms with Gasteiger partial charge in [-0.2, -0.15) is 0 Å². The topological polar surface area (TPSA) is 61.8 Å². The van der Waals surface area contributed by atoms with E-state index < -0.39 is 6.36 Å². The number of methoxy groups -OCH3 is 2. The molecule has 0 saturated carbocycles. The second kappa shape index (κ2) is 11.1. The van der Waals surface area contributed by atoms with Crippen molar-refractivity contribution in [3.05, 3.63) is 22.7 Å². The number of alkyl halides is 3. The Labute approximate surface area is 157 Å². The molecular formula is C19H27F3O5. The Morgan fingerprint density at radius 1 is 0.778 bits per heavy atom. The van der Waals surface area contributed by atoms with Crippen LogP contribution in [0.2, 0.25) is 0 Å². The number of ether oxygens (including phenoxy) is 3. The number of hydrogen-bond donors (Lipinski definition) is 0. The molecule has 0 aromatic heterocycles. The van der Waals surface area contributed by atoms with E-state index in [1.54, 1.807) is 6.92 Å². The molecule has 0 atom stereocenters. The molecule has 1 aliphatic rings. The Morgan fingerprint density at radius 2 is 1.26 bits per heavy atom. The highest BCUT2D eigenvalue weighted by molar-refractivity contribution is 6.23. The van der Waals surface area contributed by atoms with Crippen molar-refractivity contribution in [2.45, 2.75) is 64.7 Å². The molecule has 0 heterocycles. The van der Waals surface area contributed by atoms with E-state index in [0.29, 0.717) is 30.4 Å². The lowest BCUT2D eigenvalue weighted by Crippen LogP contribution is -2.25. The molecule has 1 aliphatic carbocycles. The van der Waals surface area contributed by atoms with Crippen molar-refractivity contribution in [2.24, 2.45) is 0 Å². The molecule has 0 unspecified atom stereocenters. The second-order valence-corrected chi connectivity index (χ2v) is 6.35. The van der Waals surface area contributed by atoms with Gasteiger partial charge in [-0.3, -0.25) is 14.3 Å². The van der Waals surface area contributed by atoms with Crippen LogP contribution in [0.4, 0.5) is 13.2 Å². The van der Waals surface area contributed by atoms with Crippen molar-refractivity contribution < 1.29 is 37.0 Å². The number of halogens is 3. The first-order valence-corrected chi connectivity index (χ1v) is 9.05. The lowest BCUT2D eigenvalue weighted by Gasteiger charge is -2.20. The van der Waals surface area contributed by atoms with E-state index in [-0.39, 0.29) is 29.7 Å². The van der Waals surface area contributed by atoms with Crippen LogP contribution in [0.25, 0.3) is 0 Å². The third-order valence-corrected chi connectivity index (χ3v) is 4.43. The molecule has 0 spiro atoms. The average molecular weight is 392 g/mol. The zero-order chi connectivity index (χ0) is 20.4. The molecule has 0 aliphatic heterocycles. The van der Waals surface area contributed by atoms with Crippen LogP contribution in [0.3, 0.4) is 0 Å². The third kappa shape index (κ3) is 7.36. The molecule has 0 saturated heterocycles. The molecule has 0 fully saturated rings. The number of Topliss-reactive ketones (excluding diaryl/α,β-unsaturated/α-hetero) is 2. The third-order valence-electron chi connectivity index (χ3n) is 4.43. The number of carbonyl (C=O) groups excluding carboxylic acids is 2. The van der Waals surface area contributed by atoms with Gasteiger partial charge in [0, 0.05) is 11.1 Å². The van der Waals surface area contributed by atoms with Crippen LogP contribution in [0.15, 0.2) is 22.7 Å². The largest absolute Gasteiger partial charge is 0.522 e. The highest BCUT2D eigenvalue weighted by Gasteiger charge is 2.34. The normalized spacial score (nSPS) is 15.6. The molecule has 0 N–H and O–H groups in total. The van der Waals surface area contributed by atoms with Gasteiger partial charge in [0.25, 0.3) is 0 Å². The first kappa shape index (κ1) is 23.2. The summed E-state index contributed by atoms with van der Waals surface area (Å²) in [5.41, 5.74) is 0.851. The molecule has 8 heteroatoms. The van der Waals surface area contributed by atoms with E-state index in [1.807, 2.05) is 0 Å². The van der Waals surface area contributed by atoms with Crippen LogP contribution in [-0.2, 0) is 23.8 Å². The number of rotatable bonds is 12. The summed E-state index contributed by atoms with van der Waals surface area (Å²) in [6.45, 7) is 1.32. The highest BCUT2D eigenvalue weighted by Crippen LogP contribution is 2.28. The Morgan fingerprint density at radius 3 is 1.78 bits per heavy atom. The van der Waals surface area contributed by atoms with Crippen molar-refractivity contribution >= 4 is 11.6 Å². The lowest BCUT2D eigenvalue weighted by atomic mass is 9.89. The number of carbonyl (C=O) groups is 2. The summed E-state index contributed by atoms with van der Waals surface area (Å²) < 4.78 is 49.2. The maximum atomic E-state index is 12.5. The lowest BCUT2D eigenvalue weighted by molar-refractivity contribution is -0.324. The molecule has 0 aromatic rings. The quantitative estimate of drug-likeness (QED) is 0.358. The van der Waals surface area contributed by atoms with E-state index in [9.17, 15) is 22.8 Å². The summed E-state index contributed by atoms with van der Waals surface area (Å²) in [5.74, 6) is -0.747. The minimum absolute atomic E-state index is 0.0517. The van der Waals surface area contributed by atoms with Crippen LogP contribution in [0, 0.1) is 0 Å². The van der Waals surface area contributed by atoms with Gasteiger partial charge in [-0.05, 0) is 26.2 Å². The second-order valence-electron chi connectivity index (χ2n) is 6.35. The van der Waals surface area contributed by atoms with Crippen molar-refractivity contribution in [3.8, 4) is 0 Å². The summed E-state index contributed by atoms with van der Waals surface area (Å²) in [6, 6.07) is 0. The Kier molecular flexibility index (Phi) is 9.55. The molecule has 0 bridgehead atoms. The number of allylic oxidation sites excluding steroid dienone is 2. The van der Waals surface area contributed by atoms with Gasteiger partial charge in [0.2, 0.25) is 23.1 Å². The van der Waals surface area contributed by atoms with Gasteiger partial charge < -0.3 is 9.47 Å². The predicted octanol–water partition coefficient (Wildman–Crippen LogP) is 4.62. The summed E-state index contributed by atoms with van der Waals surface area (Å²) in [4.78, 5) is 24.7. The summed E-state index contributed by atoms with van der Waals surface area (Å²) >= 11 is 0. The summed E-state index contributed by atoms with van der Waals surface area (Å²) in [7, 11) is 2.66. The predicted molar refractivity (Wildman–Crippen MR) is 92.7 cm³/mol. The minimum atomic E-state index is -4.55. The Balaban J connectivity index is 2.28. The van der Waals surface area contributed by atoms with Crippen molar-refractivity contribution in [3.63, 3.8) is 0 Å². The monoisotopic (exact) mass is 392 g/mol. The molecule has 5 nitrogen and oxygen atoms in total. The van der Waals surface area contributed by atoms with Gasteiger partial charge in [-0.25, -0.2) is 0 Å². The van der Waals surface area contributed by atoms with Gasteiger partial charge in [-0.15, -0.1) is 13.2 Å². The molecule has 0 aromatic carbocycles. The Bertz CT molecular complexity index is 591. The van der Waals surface area contributed by atoms with E-state index in [4.69, 9.17) is 9.47 Å². The zero-order valence-electron chi connectivity index (χ0n) is 16.0. The minimum Gasteiger partial charge on any atom is -0.489 e. The van der Waals surface area contributed by atoms with Crippen molar-refractivity contribution in [1.82, 2.24) is 0 Å². The first-order valence-electron chi connectivity index (χ1n) is 9.05. The van der Waals surface area contributed by atoms with Gasteiger partial charge >= 0.3 is 6.36 Å². The SMILES string of the molecule is COC1=C(OC)C(=O)C(CCCCCCCCCOC(F)(F)F)=C(C)C1=O. The average Bonchev–Trinajstić information content (AvgIpc) is 2.60. The van der Waals surface area contributed by atoms with Gasteiger partial charge in [0.15, 0.2) is 0 Å². The van der Waals surface area contributed by atoms with Crippen LogP contribution in [0.5, 0.6) is 0 Å².